The normalized spacial score (nSPS) is 12.1. The monoisotopic (exact) mass is 211 g/mol. The molecule has 0 fully saturated rings. The van der Waals surface area contributed by atoms with Gasteiger partial charge in [-0.1, -0.05) is 0 Å². The first-order chi connectivity index (χ1) is 7.11. The van der Waals surface area contributed by atoms with Crippen molar-refractivity contribution in [1.29, 1.82) is 0 Å². The molecule has 82 valence electrons. The van der Waals surface area contributed by atoms with E-state index in [1.807, 2.05) is 0 Å². The number of hydrogen-bond donors (Lipinski definition) is 2. The lowest BCUT2D eigenvalue weighted by Gasteiger charge is -2.06. The van der Waals surface area contributed by atoms with Crippen LogP contribution in [0.2, 0.25) is 0 Å². The van der Waals surface area contributed by atoms with E-state index in [2.05, 4.69) is 10.3 Å². The van der Waals surface area contributed by atoms with Crippen LogP contribution in [0.25, 0.3) is 0 Å². The van der Waals surface area contributed by atoms with Crippen LogP contribution < -0.4 is 5.32 Å². The number of aliphatic hydroxyl groups excluding tert-OH is 1. The van der Waals surface area contributed by atoms with E-state index in [-0.39, 0.29) is 11.5 Å². The molecule has 0 bridgehead atoms. The van der Waals surface area contributed by atoms with Crippen LogP contribution in [0, 0.1) is 10.1 Å². The molecule has 6 heteroatoms. The zero-order valence-corrected chi connectivity index (χ0v) is 8.38. The molecule has 0 amide bonds. The highest BCUT2D eigenvalue weighted by molar-refractivity contribution is 5.54. The minimum Gasteiger partial charge on any atom is -0.393 e. The molecule has 1 unspecified atom stereocenters. The zero-order chi connectivity index (χ0) is 11.3. The highest BCUT2D eigenvalue weighted by Crippen LogP contribution is 2.19. The van der Waals surface area contributed by atoms with E-state index in [0.717, 1.165) is 0 Å². The molecular weight excluding hydrogens is 198 g/mol. The molecule has 1 atom stereocenters. The lowest BCUT2D eigenvalue weighted by atomic mass is 10.3. The molecule has 6 nitrogen and oxygen atoms in total. The Balaban J connectivity index is 2.63. The van der Waals surface area contributed by atoms with E-state index >= 15 is 0 Å². The standard InChI is InChI=1S/C9H13N3O3/c1-7(13)4-6-11-9-8(12(14)15)3-2-5-10-9/h2-3,5,7,13H,4,6H2,1H3,(H,10,11). The van der Waals surface area contributed by atoms with E-state index in [1.165, 1.54) is 18.3 Å². The first-order valence-electron chi connectivity index (χ1n) is 4.62. The van der Waals surface area contributed by atoms with Gasteiger partial charge in [0.25, 0.3) is 0 Å². The molecule has 0 aliphatic rings. The van der Waals surface area contributed by atoms with Gasteiger partial charge in [-0.25, -0.2) is 4.98 Å². The van der Waals surface area contributed by atoms with Crippen molar-refractivity contribution in [2.24, 2.45) is 0 Å². The predicted molar refractivity (Wildman–Crippen MR) is 55.7 cm³/mol. The van der Waals surface area contributed by atoms with Crippen molar-refractivity contribution in [2.75, 3.05) is 11.9 Å². The highest BCUT2D eigenvalue weighted by Gasteiger charge is 2.13. The largest absolute Gasteiger partial charge is 0.393 e. The maximum absolute atomic E-state index is 10.6. The number of hydrogen-bond acceptors (Lipinski definition) is 5. The van der Waals surface area contributed by atoms with Gasteiger partial charge in [0.2, 0.25) is 5.82 Å². The molecule has 1 heterocycles. The number of nitro groups is 1. The van der Waals surface area contributed by atoms with Crippen LogP contribution in [0.15, 0.2) is 18.3 Å². The van der Waals surface area contributed by atoms with Gasteiger partial charge in [-0.3, -0.25) is 10.1 Å². The van der Waals surface area contributed by atoms with Crippen molar-refractivity contribution in [1.82, 2.24) is 4.98 Å². The lowest BCUT2D eigenvalue weighted by molar-refractivity contribution is -0.384. The number of rotatable bonds is 5. The molecule has 2 N–H and O–H groups in total. The molecule has 1 rings (SSSR count). The topological polar surface area (TPSA) is 88.3 Å². The Hall–Kier alpha value is -1.69. The van der Waals surface area contributed by atoms with Gasteiger partial charge >= 0.3 is 5.69 Å². The average Bonchev–Trinajstić information content (AvgIpc) is 2.17. The van der Waals surface area contributed by atoms with Crippen molar-refractivity contribution in [3.63, 3.8) is 0 Å². The summed E-state index contributed by atoms with van der Waals surface area (Å²) in [5, 5.41) is 22.4. The number of anilines is 1. The summed E-state index contributed by atoms with van der Waals surface area (Å²) in [6.07, 6.45) is 1.58. The predicted octanol–water partition coefficient (Wildman–Crippen LogP) is 1.17. The average molecular weight is 211 g/mol. The van der Waals surface area contributed by atoms with E-state index in [0.29, 0.717) is 13.0 Å². The Morgan fingerprint density at radius 2 is 2.47 bits per heavy atom. The molecule has 0 aliphatic heterocycles. The summed E-state index contributed by atoms with van der Waals surface area (Å²) in [4.78, 5) is 14.0. The summed E-state index contributed by atoms with van der Waals surface area (Å²) in [6.45, 7) is 2.12. The van der Waals surface area contributed by atoms with E-state index < -0.39 is 11.0 Å². The van der Waals surface area contributed by atoms with Crippen molar-refractivity contribution in [3.05, 3.63) is 28.4 Å². The fourth-order valence-electron chi connectivity index (χ4n) is 1.08. The maximum Gasteiger partial charge on any atom is 0.311 e. The fourth-order valence-corrected chi connectivity index (χ4v) is 1.08. The Morgan fingerprint density at radius 1 is 1.73 bits per heavy atom. The maximum atomic E-state index is 10.6. The number of nitrogens with one attached hydrogen (secondary N) is 1. The Morgan fingerprint density at radius 3 is 3.07 bits per heavy atom. The number of pyridine rings is 1. The second-order valence-electron chi connectivity index (χ2n) is 3.19. The van der Waals surface area contributed by atoms with Gasteiger partial charge in [0.15, 0.2) is 0 Å². The summed E-state index contributed by atoms with van der Waals surface area (Å²) >= 11 is 0. The van der Waals surface area contributed by atoms with Crippen molar-refractivity contribution in [3.8, 4) is 0 Å². The minimum absolute atomic E-state index is 0.0527. The molecule has 0 saturated heterocycles. The van der Waals surface area contributed by atoms with Crippen LogP contribution >= 0.6 is 0 Å². The Labute approximate surface area is 87.1 Å². The second-order valence-corrected chi connectivity index (χ2v) is 3.19. The van der Waals surface area contributed by atoms with E-state index in [1.54, 1.807) is 6.92 Å². The zero-order valence-electron chi connectivity index (χ0n) is 8.38. The highest BCUT2D eigenvalue weighted by atomic mass is 16.6. The number of nitrogens with zero attached hydrogens (tertiary/aromatic N) is 2. The van der Waals surface area contributed by atoms with E-state index in [4.69, 9.17) is 5.11 Å². The lowest BCUT2D eigenvalue weighted by Crippen LogP contribution is -2.11. The van der Waals surface area contributed by atoms with Crippen LogP contribution in [-0.4, -0.2) is 27.7 Å². The van der Waals surface area contributed by atoms with Gasteiger partial charge in [-0.2, -0.15) is 0 Å². The van der Waals surface area contributed by atoms with Gasteiger partial charge in [-0.05, 0) is 19.4 Å². The number of aliphatic hydroxyl groups is 1. The molecule has 0 aromatic carbocycles. The van der Waals surface area contributed by atoms with Gasteiger partial charge in [0, 0.05) is 18.8 Å². The van der Waals surface area contributed by atoms with Crippen LogP contribution in [0.1, 0.15) is 13.3 Å². The van der Waals surface area contributed by atoms with Gasteiger partial charge in [0.05, 0.1) is 11.0 Å². The SMILES string of the molecule is CC(O)CCNc1ncccc1[N+](=O)[O-]. The van der Waals surface area contributed by atoms with Gasteiger partial charge in [-0.15, -0.1) is 0 Å². The third kappa shape index (κ3) is 3.51. The molecule has 0 radical (unpaired) electrons. The minimum atomic E-state index is -0.488. The molecule has 0 aliphatic carbocycles. The van der Waals surface area contributed by atoms with Crippen molar-refractivity contribution < 1.29 is 10.0 Å². The molecule has 1 aromatic heterocycles. The van der Waals surface area contributed by atoms with Crippen molar-refractivity contribution >= 4 is 11.5 Å². The summed E-state index contributed by atoms with van der Waals surface area (Å²) in [6, 6.07) is 2.90. The van der Waals surface area contributed by atoms with Gasteiger partial charge < -0.3 is 10.4 Å². The van der Waals surface area contributed by atoms with Crippen molar-refractivity contribution in [2.45, 2.75) is 19.4 Å². The Kier molecular flexibility index (Phi) is 3.99. The van der Waals surface area contributed by atoms with Crippen LogP contribution in [0.3, 0.4) is 0 Å². The summed E-state index contributed by atoms with van der Waals surface area (Å²) in [5.41, 5.74) is -0.0527. The first kappa shape index (κ1) is 11.4. The van der Waals surface area contributed by atoms with Crippen LogP contribution in [0.5, 0.6) is 0 Å². The first-order valence-corrected chi connectivity index (χ1v) is 4.62. The number of aromatic nitrogens is 1. The summed E-state index contributed by atoms with van der Waals surface area (Å²) < 4.78 is 0. The van der Waals surface area contributed by atoms with Gasteiger partial charge in [0.1, 0.15) is 0 Å². The fraction of sp³-hybridized carbons (Fsp3) is 0.444. The van der Waals surface area contributed by atoms with E-state index in [9.17, 15) is 10.1 Å². The smallest absolute Gasteiger partial charge is 0.311 e. The molecule has 0 saturated carbocycles. The molecular formula is C9H13N3O3. The van der Waals surface area contributed by atoms with Crippen LogP contribution in [-0.2, 0) is 0 Å². The van der Waals surface area contributed by atoms with Crippen LogP contribution in [0.4, 0.5) is 11.5 Å². The molecule has 15 heavy (non-hydrogen) atoms. The third-order valence-electron chi connectivity index (χ3n) is 1.84. The summed E-state index contributed by atoms with van der Waals surface area (Å²) in [5.74, 6) is 0.239. The molecule has 0 spiro atoms. The Bertz CT molecular complexity index is 341. The quantitative estimate of drug-likeness (QED) is 0.563. The third-order valence-corrected chi connectivity index (χ3v) is 1.84. The summed E-state index contributed by atoms with van der Waals surface area (Å²) in [7, 11) is 0. The molecule has 1 aromatic rings. The second kappa shape index (κ2) is 5.26.